The number of hydrogen-bond donors (Lipinski definition) is 1. The quantitative estimate of drug-likeness (QED) is 0.906. The fraction of sp³-hybridized carbons (Fsp3) is 0.312. The predicted molar refractivity (Wildman–Crippen MR) is 78.2 cm³/mol. The Labute approximate surface area is 118 Å². The second-order valence-corrected chi connectivity index (χ2v) is 6.00. The Balaban J connectivity index is 1.91. The number of anilines is 2. The minimum absolute atomic E-state index is 0.00991. The summed E-state index contributed by atoms with van der Waals surface area (Å²) in [7, 11) is 0. The van der Waals surface area contributed by atoms with E-state index in [0.29, 0.717) is 6.42 Å². The lowest BCUT2D eigenvalue weighted by atomic mass is 9.76. The summed E-state index contributed by atoms with van der Waals surface area (Å²) in [6.07, 6.45) is 4.90. The van der Waals surface area contributed by atoms with Crippen LogP contribution in [0.4, 0.5) is 11.5 Å². The molecular formula is C16H17N3O. The minimum atomic E-state index is -0.00991. The molecule has 4 heteroatoms. The number of aromatic nitrogens is 2. The first-order valence-electron chi connectivity index (χ1n) is 6.74. The van der Waals surface area contributed by atoms with Crippen molar-refractivity contribution in [3.8, 4) is 0 Å². The van der Waals surface area contributed by atoms with E-state index in [1.807, 2.05) is 24.3 Å². The molecule has 0 aromatic carbocycles. The topological polar surface area (TPSA) is 54.9 Å². The summed E-state index contributed by atoms with van der Waals surface area (Å²) in [4.78, 5) is 20.8. The number of carbonyl (C=O) groups is 1. The summed E-state index contributed by atoms with van der Waals surface area (Å²) in [5, 5.41) is 3.21. The highest BCUT2D eigenvalue weighted by atomic mass is 16.1. The van der Waals surface area contributed by atoms with Gasteiger partial charge in [0.2, 0.25) is 0 Å². The molecule has 0 amide bonds. The number of ketones is 1. The van der Waals surface area contributed by atoms with Crippen molar-refractivity contribution in [2.45, 2.75) is 26.7 Å². The Morgan fingerprint density at radius 1 is 1.20 bits per heavy atom. The highest BCUT2D eigenvalue weighted by molar-refractivity contribution is 5.98. The van der Waals surface area contributed by atoms with Gasteiger partial charge < -0.3 is 5.32 Å². The third-order valence-electron chi connectivity index (χ3n) is 3.49. The molecule has 0 saturated heterocycles. The van der Waals surface area contributed by atoms with Crippen LogP contribution in [-0.4, -0.2) is 15.8 Å². The molecular weight excluding hydrogens is 250 g/mol. The molecule has 1 N–H and O–H groups in total. The molecule has 2 aromatic heterocycles. The van der Waals surface area contributed by atoms with Gasteiger partial charge in [-0.15, -0.1) is 0 Å². The van der Waals surface area contributed by atoms with E-state index in [2.05, 4.69) is 29.1 Å². The van der Waals surface area contributed by atoms with Gasteiger partial charge >= 0.3 is 0 Å². The van der Waals surface area contributed by atoms with E-state index >= 15 is 0 Å². The Bertz CT molecular complexity index is 650. The van der Waals surface area contributed by atoms with Crippen LogP contribution in [0.3, 0.4) is 0 Å². The smallest absolute Gasteiger partial charge is 0.165 e. The zero-order valence-electron chi connectivity index (χ0n) is 11.7. The maximum Gasteiger partial charge on any atom is 0.165 e. The van der Waals surface area contributed by atoms with E-state index in [1.54, 1.807) is 12.4 Å². The average molecular weight is 267 g/mol. The maximum atomic E-state index is 12.1. The first kappa shape index (κ1) is 12.8. The average Bonchev–Trinajstić information content (AvgIpc) is 2.38. The Hall–Kier alpha value is -2.23. The van der Waals surface area contributed by atoms with Crippen molar-refractivity contribution in [3.63, 3.8) is 0 Å². The lowest BCUT2D eigenvalue weighted by molar-refractivity contribution is 0.0910. The first-order valence-corrected chi connectivity index (χ1v) is 6.74. The molecule has 0 atom stereocenters. The van der Waals surface area contributed by atoms with Gasteiger partial charge in [0.05, 0.1) is 17.6 Å². The molecule has 1 aliphatic rings. The number of rotatable bonds is 2. The van der Waals surface area contributed by atoms with Crippen molar-refractivity contribution >= 4 is 17.3 Å². The normalized spacial score (nSPS) is 16.6. The molecule has 102 valence electrons. The zero-order chi connectivity index (χ0) is 14.2. The molecule has 0 radical (unpaired) electrons. The number of nitrogens with one attached hydrogen (secondary N) is 1. The highest BCUT2D eigenvalue weighted by Gasteiger charge is 2.31. The predicted octanol–water partition coefficient (Wildman–Crippen LogP) is 3.38. The summed E-state index contributed by atoms with van der Waals surface area (Å²) in [5.74, 6) is 0.943. The molecule has 4 nitrogen and oxygen atoms in total. The van der Waals surface area contributed by atoms with E-state index < -0.39 is 0 Å². The van der Waals surface area contributed by atoms with Crippen LogP contribution in [0.5, 0.6) is 0 Å². The molecule has 20 heavy (non-hydrogen) atoms. The monoisotopic (exact) mass is 267 g/mol. The van der Waals surface area contributed by atoms with Gasteiger partial charge in [0.15, 0.2) is 5.78 Å². The van der Waals surface area contributed by atoms with E-state index in [0.717, 1.165) is 29.2 Å². The van der Waals surface area contributed by atoms with Crippen molar-refractivity contribution in [1.29, 1.82) is 0 Å². The van der Waals surface area contributed by atoms with Gasteiger partial charge in [-0.05, 0) is 36.1 Å². The molecule has 0 unspecified atom stereocenters. The van der Waals surface area contributed by atoms with E-state index in [1.165, 1.54) is 0 Å². The number of pyridine rings is 2. The summed E-state index contributed by atoms with van der Waals surface area (Å²) >= 11 is 0. The molecule has 0 bridgehead atoms. The van der Waals surface area contributed by atoms with Gasteiger partial charge in [-0.25, -0.2) is 4.98 Å². The van der Waals surface area contributed by atoms with Crippen LogP contribution >= 0.6 is 0 Å². The Kier molecular flexibility index (Phi) is 3.01. The van der Waals surface area contributed by atoms with Crippen LogP contribution in [0.15, 0.2) is 36.7 Å². The first-order chi connectivity index (χ1) is 9.53. The number of carbonyl (C=O) groups excluding carboxylic acids is 1. The summed E-state index contributed by atoms with van der Waals surface area (Å²) < 4.78 is 0. The molecule has 2 heterocycles. The molecule has 0 aliphatic heterocycles. The van der Waals surface area contributed by atoms with Gasteiger partial charge in [-0.2, -0.15) is 0 Å². The van der Waals surface area contributed by atoms with Crippen LogP contribution in [0, 0.1) is 5.41 Å². The summed E-state index contributed by atoms with van der Waals surface area (Å²) in [6, 6.07) is 7.53. The van der Waals surface area contributed by atoms with Crippen molar-refractivity contribution in [1.82, 2.24) is 9.97 Å². The Morgan fingerprint density at radius 3 is 2.80 bits per heavy atom. The van der Waals surface area contributed by atoms with Crippen LogP contribution in [0.1, 0.15) is 36.3 Å². The standard InChI is InChI=1S/C16H17N3O/c1-16(2)8-13-12(14(20)9-16)5-6-15(19-13)18-11-4-3-7-17-10-11/h3-7,10H,8-9H2,1-2H3,(H,18,19). The third kappa shape index (κ3) is 2.54. The lowest BCUT2D eigenvalue weighted by Crippen LogP contribution is -2.27. The number of Topliss-reactive ketones (excluding diaryl/α,β-unsaturated/α-hetero) is 1. The van der Waals surface area contributed by atoms with Crippen molar-refractivity contribution in [2.75, 3.05) is 5.32 Å². The lowest BCUT2D eigenvalue weighted by Gasteiger charge is -2.29. The Morgan fingerprint density at radius 2 is 2.05 bits per heavy atom. The second kappa shape index (κ2) is 4.71. The van der Waals surface area contributed by atoms with Gasteiger partial charge in [0, 0.05) is 18.2 Å². The van der Waals surface area contributed by atoms with Crippen LogP contribution < -0.4 is 5.32 Å². The van der Waals surface area contributed by atoms with Gasteiger partial charge in [0.25, 0.3) is 0 Å². The van der Waals surface area contributed by atoms with E-state index in [9.17, 15) is 4.79 Å². The molecule has 0 fully saturated rings. The SMILES string of the molecule is CC1(C)CC(=O)c2ccc(Nc3cccnc3)nc2C1. The van der Waals surface area contributed by atoms with E-state index in [4.69, 9.17) is 0 Å². The number of fused-ring (bicyclic) bond motifs is 1. The second-order valence-electron chi connectivity index (χ2n) is 6.00. The molecule has 1 aliphatic carbocycles. The van der Waals surface area contributed by atoms with Crippen LogP contribution in [0.2, 0.25) is 0 Å². The van der Waals surface area contributed by atoms with Gasteiger partial charge in [-0.1, -0.05) is 13.8 Å². The fourth-order valence-electron chi connectivity index (χ4n) is 2.59. The largest absolute Gasteiger partial charge is 0.339 e. The summed E-state index contributed by atoms with van der Waals surface area (Å²) in [5.41, 5.74) is 2.53. The maximum absolute atomic E-state index is 12.1. The van der Waals surface area contributed by atoms with Crippen molar-refractivity contribution < 1.29 is 4.79 Å². The van der Waals surface area contributed by atoms with E-state index in [-0.39, 0.29) is 11.2 Å². The van der Waals surface area contributed by atoms with Crippen molar-refractivity contribution in [2.24, 2.45) is 5.41 Å². The third-order valence-corrected chi connectivity index (χ3v) is 3.49. The highest BCUT2D eigenvalue weighted by Crippen LogP contribution is 2.34. The number of hydrogen-bond acceptors (Lipinski definition) is 4. The molecule has 2 aromatic rings. The van der Waals surface area contributed by atoms with Gasteiger partial charge in [-0.3, -0.25) is 9.78 Å². The number of nitrogens with zero attached hydrogens (tertiary/aromatic N) is 2. The fourth-order valence-corrected chi connectivity index (χ4v) is 2.59. The summed E-state index contributed by atoms with van der Waals surface area (Å²) in [6.45, 7) is 4.22. The zero-order valence-corrected chi connectivity index (χ0v) is 11.7. The van der Waals surface area contributed by atoms with Gasteiger partial charge in [0.1, 0.15) is 5.82 Å². The van der Waals surface area contributed by atoms with Crippen LogP contribution in [-0.2, 0) is 6.42 Å². The molecule has 0 saturated carbocycles. The van der Waals surface area contributed by atoms with Crippen molar-refractivity contribution in [3.05, 3.63) is 47.9 Å². The minimum Gasteiger partial charge on any atom is -0.339 e. The van der Waals surface area contributed by atoms with Crippen LogP contribution in [0.25, 0.3) is 0 Å². The molecule has 3 rings (SSSR count). The molecule has 0 spiro atoms.